The zero-order valence-corrected chi connectivity index (χ0v) is 20.5. The summed E-state index contributed by atoms with van der Waals surface area (Å²) in [7, 11) is 3.72. The summed E-state index contributed by atoms with van der Waals surface area (Å²) < 4.78 is 7.53. The van der Waals surface area contributed by atoms with Gasteiger partial charge in [-0.25, -0.2) is 4.98 Å². The molecule has 0 bridgehead atoms. The first-order valence-corrected chi connectivity index (χ1v) is 12.1. The van der Waals surface area contributed by atoms with E-state index in [1.807, 2.05) is 24.7 Å². The summed E-state index contributed by atoms with van der Waals surface area (Å²) >= 11 is 6.33. The lowest BCUT2D eigenvalue weighted by molar-refractivity contribution is 0.0927. The highest BCUT2D eigenvalue weighted by molar-refractivity contribution is 6.35. The third-order valence-electron chi connectivity index (χ3n) is 6.99. The van der Waals surface area contributed by atoms with E-state index >= 15 is 0 Å². The molecule has 0 aromatic carbocycles. The van der Waals surface area contributed by atoms with E-state index in [2.05, 4.69) is 37.9 Å². The zero-order valence-electron chi connectivity index (χ0n) is 19.7. The van der Waals surface area contributed by atoms with Gasteiger partial charge in [-0.15, -0.1) is 10.2 Å². The number of likely N-dealkylation sites (N-methyl/N-ethyl adjacent to an activating group) is 1. The van der Waals surface area contributed by atoms with Crippen molar-refractivity contribution in [1.29, 1.82) is 0 Å². The molecule has 2 N–H and O–H groups in total. The van der Waals surface area contributed by atoms with Crippen molar-refractivity contribution in [2.75, 3.05) is 32.1 Å². The minimum Gasteiger partial charge on any atom is -0.378 e. The maximum atomic E-state index is 12.9. The quantitative estimate of drug-likeness (QED) is 0.554. The van der Waals surface area contributed by atoms with Gasteiger partial charge in [0.15, 0.2) is 11.3 Å². The summed E-state index contributed by atoms with van der Waals surface area (Å²) in [5.74, 6) is 0.758. The van der Waals surface area contributed by atoms with Crippen molar-refractivity contribution < 1.29 is 9.53 Å². The Morgan fingerprint density at radius 2 is 2.15 bits per heavy atom. The number of ether oxygens (including phenoxy) is 1. The smallest absolute Gasteiger partial charge is 0.272 e. The third kappa shape index (κ3) is 4.23. The van der Waals surface area contributed by atoms with E-state index in [0.29, 0.717) is 16.7 Å². The summed E-state index contributed by atoms with van der Waals surface area (Å²) in [6.45, 7) is 4.44. The average Bonchev–Trinajstić information content (AvgIpc) is 3.43. The fourth-order valence-electron chi connectivity index (χ4n) is 5.03. The van der Waals surface area contributed by atoms with Crippen molar-refractivity contribution in [1.82, 2.24) is 30.4 Å². The molecular formula is C24H30ClN7O2. The van der Waals surface area contributed by atoms with Gasteiger partial charge in [0, 0.05) is 50.1 Å². The van der Waals surface area contributed by atoms with Crippen LogP contribution in [0.1, 0.15) is 35.1 Å². The topological polar surface area (TPSA) is 97.2 Å². The molecule has 1 aliphatic heterocycles. The van der Waals surface area contributed by atoms with Gasteiger partial charge in [0.2, 0.25) is 0 Å². The van der Waals surface area contributed by atoms with E-state index in [4.69, 9.17) is 21.3 Å². The molecule has 180 valence electrons. The molecule has 5 rings (SSSR count). The Hall–Kier alpha value is -2.75. The molecule has 3 aromatic heterocycles. The Morgan fingerprint density at radius 3 is 2.88 bits per heavy atom. The first kappa shape index (κ1) is 23.0. The van der Waals surface area contributed by atoms with Crippen LogP contribution in [0.15, 0.2) is 24.4 Å². The van der Waals surface area contributed by atoms with Gasteiger partial charge >= 0.3 is 0 Å². The predicted octanol–water partition coefficient (Wildman–Crippen LogP) is 2.21. The molecule has 0 radical (unpaired) electrons. The van der Waals surface area contributed by atoms with E-state index in [0.717, 1.165) is 55.8 Å². The van der Waals surface area contributed by atoms with Gasteiger partial charge < -0.3 is 24.8 Å². The summed E-state index contributed by atoms with van der Waals surface area (Å²) in [6.07, 6.45) is 4.37. The molecule has 2 aliphatic rings. The molecule has 3 atom stereocenters. The fourth-order valence-corrected chi connectivity index (χ4v) is 5.28. The first-order chi connectivity index (χ1) is 16.5. The van der Waals surface area contributed by atoms with E-state index in [1.165, 1.54) is 5.56 Å². The Balaban J connectivity index is 1.26. The van der Waals surface area contributed by atoms with Gasteiger partial charge in [-0.1, -0.05) is 17.7 Å². The highest BCUT2D eigenvalue weighted by Crippen LogP contribution is 2.27. The molecule has 9 nitrogen and oxygen atoms in total. The van der Waals surface area contributed by atoms with Crippen molar-refractivity contribution in [3.63, 3.8) is 0 Å². The van der Waals surface area contributed by atoms with Gasteiger partial charge in [-0.2, -0.15) is 0 Å². The van der Waals surface area contributed by atoms with Crippen LogP contribution in [-0.4, -0.2) is 71.1 Å². The summed E-state index contributed by atoms with van der Waals surface area (Å²) in [4.78, 5) is 20.1. The standard InChI is InChI=1S/C24H30ClN7O2/c1-4-31-11-17(25)16-10-19(29-30-23(16)31)24(33)27-15-6-7-18-14(9-15)5-8-22(28-18)32-12-20(26-2)21(13-32)34-3/h5,8,10-11,15,20-21,26H,4,6-7,9,12-13H2,1-3H3,(H,27,33). The van der Waals surface area contributed by atoms with Crippen LogP contribution in [0.4, 0.5) is 5.82 Å². The monoisotopic (exact) mass is 483 g/mol. The number of aryl methyl sites for hydroxylation is 2. The summed E-state index contributed by atoms with van der Waals surface area (Å²) in [5, 5.41) is 16.1. The van der Waals surface area contributed by atoms with Gasteiger partial charge in [-0.3, -0.25) is 4.79 Å². The molecule has 1 fully saturated rings. The highest BCUT2D eigenvalue weighted by Gasteiger charge is 2.33. The second-order valence-corrected chi connectivity index (χ2v) is 9.40. The molecule has 0 spiro atoms. The van der Waals surface area contributed by atoms with Crippen LogP contribution in [0.2, 0.25) is 5.02 Å². The second kappa shape index (κ2) is 9.48. The average molecular weight is 484 g/mol. The van der Waals surface area contributed by atoms with E-state index in [-0.39, 0.29) is 23.7 Å². The number of nitrogens with zero attached hydrogens (tertiary/aromatic N) is 5. The van der Waals surface area contributed by atoms with E-state index in [9.17, 15) is 4.79 Å². The van der Waals surface area contributed by atoms with Crippen LogP contribution >= 0.6 is 11.6 Å². The van der Waals surface area contributed by atoms with Crippen molar-refractivity contribution in [3.05, 3.63) is 46.4 Å². The molecule has 4 heterocycles. The molecule has 34 heavy (non-hydrogen) atoms. The number of halogens is 1. The van der Waals surface area contributed by atoms with Crippen molar-refractivity contribution in [2.24, 2.45) is 0 Å². The number of carbonyl (C=O) groups is 1. The van der Waals surface area contributed by atoms with Crippen molar-refractivity contribution in [2.45, 2.75) is 50.9 Å². The number of pyridine rings is 1. The van der Waals surface area contributed by atoms with Crippen LogP contribution in [0.3, 0.4) is 0 Å². The summed E-state index contributed by atoms with van der Waals surface area (Å²) in [5.41, 5.74) is 3.26. The number of fused-ring (bicyclic) bond motifs is 2. The van der Waals surface area contributed by atoms with Crippen LogP contribution in [0, 0.1) is 0 Å². The number of hydrogen-bond acceptors (Lipinski definition) is 7. The number of methoxy groups -OCH3 is 1. The maximum Gasteiger partial charge on any atom is 0.272 e. The Bertz CT molecular complexity index is 1200. The second-order valence-electron chi connectivity index (χ2n) is 8.99. The van der Waals surface area contributed by atoms with Crippen LogP contribution in [0.25, 0.3) is 11.0 Å². The van der Waals surface area contributed by atoms with E-state index < -0.39 is 0 Å². The molecule has 10 heteroatoms. The minimum absolute atomic E-state index is 0.0270. The largest absolute Gasteiger partial charge is 0.378 e. The van der Waals surface area contributed by atoms with Crippen LogP contribution in [0.5, 0.6) is 0 Å². The number of rotatable bonds is 6. The number of aromatic nitrogens is 4. The first-order valence-electron chi connectivity index (χ1n) is 11.8. The lowest BCUT2D eigenvalue weighted by Gasteiger charge is -2.26. The van der Waals surface area contributed by atoms with Crippen molar-refractivity contribution in [3.8, 4) is 0 Å². The highest BCUT2D eigenvalue weighted by atomic mass is 35.5. The molecule has 3 aromatic rings. The molecule has 0 saturated carbocycles. The number of hydrogen-bond donors (Lipinski definition) is 2. The Labute approximate surface area is 203 Å². The minimum atomic E-state index is -0.228. The fraction of sp³-hybridized carbons (Fsp3) is 0.500. The SMILES string of the molecule is CCn1cc(Cl)c2cc(C(=O)NC3CCc4nc(N5CC(NC)C(OC)C5)ccc4C3)nnc21. The normalized spacial score (nSPS) is 22.2. The van der Waals surface area contributed by atoms with Crippen LogP contribution < -0.4 is 15.5 Å². The summed E-state index contributed by atoms with van der Waals surface area (Å²) in [6, 6.07) is 6.26. The molecular weight excluding hydrogens is 454 g/mol. The Morgan fingerprint density at radius 1 is 1.29 bits per heavy atom. The Kier molecular flexibility index (Phi) is 6.42. The van der Waals surface area contributed by atoms with Gasteiger partial charge in [-0.05, 0) is 50.9 Å². The predicted molar refractivity (Wildman–Crippen MR) is 132 cm³/mol. The third-order valence-corrected chi connectivity index (χ3v) is 7.30. The van der Waals surface area contributed by atoms with Gasteiger partial charge in [0.05, 0.1) is 17.2 Å². The van der Waals surface area contributed by atoms with Gasteiger partial charge in [0.1, 0.15) is 5.82 Å². The number of amides is 1. The molecule has 1 amide bonds. The lowest BCUT2D eigenvalue weighted by Crippen LogP contribution is -2.39. The van der Waals surface area contributed by atoms with E-state index in [1.54, 1.807) is 13.2 Å². The van der Waals surface area contributed by atoms with Crippen molar-refractivity contribution >= 4 is 34.4 Å². The molecule has 1 saturated heterocycles. The number of nitrogens with one attached hydrogen (secondary N) is 2. The number of anilines is 1. The molecule has 1 aliphatic carbocycles. The number of carbonyl (C=O) groups excluding carboxylic acids is 1. The maximum absolute atomic E-state index is 12.9. The lowest BCUT2D eigenvalue weighted by atomic mass is 9.91. The van der Waals surface area contributed by atoms with Crippen LogP contribution in [-0.2, 0) is 24.1 Å². The molecule has 3 unspecified atom stereocenters. The van der Waals surface area contributed by atoms with Gasteiger partial charge in [0.25, 0.3) is 5.91 Å². The zero-order chi connectivity index (χ0) is 23.8.